The van der Waals surface area contributed by atoms with Crippen molar-refractivity contribution in [3.8, 4) is 0 Å². The van der Waals surface area contributed by atoms with E-state index < -0.39 is 0 Å². The molecule has 2 N–H and O–H groups in total. The van der Waals surface area contributed by atoms with Crippen molar-refractivity contribution in [1.82, 2.24) is 15.2 Å². The maximum atomic E-state index is 6.00. The summed E-state index contributed by atoms with van der Waals surface area (Å²) in [6.07, 6.45) is 6.28. The smallest absolute Gasteiger partial charge is 0.245 e. The zero-order chi connectivity index (χ0) is 14.5. The molecule has 1 aromatic rings. The molecule has 0 aliphatic heterocycles. The maximum absolute atomic E-state index is 6.00. The highest BCUT2D eigenvalue weighted by Crippen LogP contribution is 2.25. The number of nitrogens with two attached hydrogens (primary N) is 1. The lowest BCUT2D eigenvalue weighted by atomic mass is 9.91. The van der Waals surface area contributed by atoms with Gasteiger partial charge in [-0.15, -0.1) is 5.10 Å². The van der Waals surface area contributed by atoms with Crippen molar-refractivity contribution in [3.63, 3.8) is 0 Å². The van der Waals surface area contributed by atoms with Crippen LogP contribution in [0.4, 0.5) is 5.95 Å². The van der Waals surface area contributed by atoms with Crippen molar-refractivity contribution in [2.75, 3.05) is 11.4 Å². The van der Waals surface area contributed by atoms with Crippen molar-refractivity contribution in [2.45, 2.75) is 71.4 Å². The monoisotopic (exact) mass is 277 g/mol. The van der Waals surface area contributed by atoms with Gasteiger partial charge in [-0.3, -0.25) is 0 Å². The fraction of sp³-hybridized carbons (Fsp3) is 0.800. The van der Waals surface area contributed by atoms with E-state index in [0.717, 1.165) is 62.4 Å². The van der Waals surface area contributed by atoms with Crippen LogP contribution < -0.4 is 10.6 Å². The van der Waals surface area contributed by atoms with Gasteiger partial charge in [0, 0.05) is 18.6 Å². The van der Waals surface area contributed by atoms with E-state index in [1.807, 2.05) is 0 Å². The molecule has 0 radical (unpaired) electrons. The molecule has 0 aromatic carbocycles. The Morgan fingerprint density at radius 3 is 2.20 bits per heavy atom. The predicted molar refractivity (Wildman–Crippen MR) is 81.8 cm³/mol. The fourth-order valence-electron chi connectivity index (χ4n) is 3.03. The average molecular weight is 277 g/mol. The first-order valence-corrected chi connectivity index (χ1v) is 7.94. The standard InChI is InChI=1S/C15H27N5/c1-4-13-14(5-2)18-19-15(17-13)20(6-3)12-9-7-11(16)8-10-12/h11-12H,4-10,16H2,1-3H3. The minimum absolute atomic E-state index is 0.373. The number of anilines is 1. The van der Waals surface area contributed by atoms with Crippen molar-refractivity contribution >= 4 is 5.95 Å². The Morgan fingerprint density at radius 2 is 1.65 bits per heavy atom. The molecule has 1 heterocycles. The second kappa shape index (κ2) is 6.97. The summed E-state index contributed by atoms with van der Waals surface area (Å²) in [5, 5.41) is 8.72. The summed E-state index contributed by atoms with van der Waals surface area (Å²) in [6, 6.07) is 0.886. The average Bonchev–Trinajstić information content (AvgIpc) is 2.49. The van der Waals surface area contributed by atoms with Gasteiger partial charge in [-0.25, -0.2) is 4.98 Å². The molecule has 1 saturated carbocycles. The van der Waals surface area contributed by atoms with E-state index in [0.29, 0.717) is 12.1 Å². The molecule has 112 valence electrons. The van der Waals surface area contributed by atoms with Crippen molar-refractivity contribution in [3.05, 3.63) is 11.4 Å². The number of rotatable bonds is 5. The zero-order valence-electron chi connectivity index (χ0n) is 13.0. The molecule has 1 aromatic heterocycles. The molecule has 1 aliphatic rings. The molecule has 5 heteroatoms. The van der Waals surface area contributed by atoms with E-state index in [9.17, 15) is 0 Å². The maximum Gasteiger partial charge on any atom is 0.245 e. The summed E-state index contributed by atoms with van der Waals surface area (Å²) in [5.74, 6) is 0.794. The van der Waals surface area contributed by atoms with Crippen LogP contribution in [0.1, 0.15) is 57.8 Å². The molecule has 0 unspecified atom stereocenters. The van der Waals surface area contributed by atoms with Gasteiger partial charge >= 0.3 is 0 Å². The van der Waals surface area contributed by atoms with Gasteiger partial charge in [0.05, 0.1) is 11.4 Å². The van der Waals surface area contributed by atoms with Crippen molar-refractivity contribution in [1.29, 1.82) is 0 Å². The van der Waals surface area contributed by atoms with Gasteiger partial charge < -0.3 is 10.6 Å². The van der Waals surface area contributed by atoms with E-state index in [-0.39, 0.29) is 0 Å². The highest BCUT2D eigenvalue weighted by atomic mass is 15.3. The summed E-state index contributed by atoms with van der Waals surface area (Å²) in [5.41, 5.74) is 8.11. The van der Waals surface area contributed by atoms with Crippen LogP contribution in [0.5, 0.6) is 0 Å². The van der Waals surface area contributed by atoms with Gasteiger partial charge in [0.1, 0.15) is 0 Å². The minimum atomic E-state index is 0.373. The molecule has 1 fully saturated rings. The number of nitrogens with zero attached hydrogens (tertiary/aromatic N) is 4. The molecule has 5 nitrogen and oxygen atoms in total. The number of hydrogen-bond acceptors (Lipinski definition) is 5. The van der Waals surface area contributed by atoms with E-state index in [4.69, 9.17) is 10.7 Å². The molecular formula is C15H27N5. The van der Waals surface area contributed by atoms with Crippen LogP contribution in [0, 0.1) is 0 Å². The normalized spacial score (nSPS) is 22.8. The van der Waals surface area contributed by atoms with Gasteiger partial charge in [0.2, 0.25) is 5.95 Å². The summed E-state index contributed by atoms with van der Waals surface area (Å²) in [7, 11) is 0. The third-order valence-corrected chi connectivity index (χ3v) is 4.28. The molecular weight excluding hydrogens is 250 g/mol. The summed E-state index contributed by atoms with van der Waals surface area (Å²) in [4.78, 5) is 7.05. The molecule has 20 heavy (non-hydrogen) atoms. The Bertz CT molecular complexity index is 426. The predicted octanol–water partition coefficient (Wildman–Crippen LogP) is 2.09. The SMILES string of the molecule is CCc1nnc(N(CC)C2CCC(N)CC2)nc1CC. The van der Waals surface area contributed by atoms with Gasteiger partial charge in [0.15, 0.2) is 0 Å². The summed E-state index contributed by atoms with van der Waals surface area (Å²) < 4.78 is 0. The van der Waals surface area contributed by atoms with Crippen LogP contribution in [0.15, 0.2) is 0 Å². The third kappa shape index (κ3) is 3.26. The van der Waals surface area contributed by atoms with E-state index >= 15 is 0 Å². The van der Waals surface area contributed by atoms with Gasteiger partial charge in [-0.2, -0.15) is 5.10 Å². The molecule has 0 amide bonds. The van der Waals surface area contributed by atoms with E-state index in [1.165, 1.54) is 0 Å². The highest BCUT2D eigenvalue weighted by molar-refractivity contribution is 5.32. The van der Waals surface area contributed by atoms with E-state index in [1.54, 1.807) is 0 Å². The van der Waals surface area contributed by atoms with Crippen LogP contribution in [-0.4, -0.2) is 33.8 Å². The second-order valence-electron chi connectivity index (χ2n) is 5.57. The Kier molecular flexibility index (Phi) is 5.29. The first-order chi connectivity index (χ1) is 9.69. The first kappa shape index (κ1) is 15.2. The number of aryl methyl sites for hydroxylation is 2. The van der Waals surface area contributed by atoms with Gasteiger partial charge in [-0.1, -0.05) is 13.8 Å². The van der Waals surface area contributed by atoms with Crippen molar-refractivity contribution in [2.24, 2.45) is 5.73 Å². The summed E-state index contributed by atoms with van der Waals surface area (Å²) >= 11 is 0. The molecule has 2 rings (SSSR count). The lowest BCUT2D eigenvalue weighted by Gasteiger charge is -2.35. The first-order valence-electron chi connectivity index (χ1n) is 7.94. The fourth-order valence-corrected chi connectivity index (χ4v) is 3.03. The third-order valence-electron chi connectivity index (χ3n) is 4.28. The summed E-state index contributed by atoms with van der Waals surface area (Å²) in [6.45, 7) is 7.32. The topological polar surface area (TPSA) is 67.9 Å². The second-order valence-corrected chi connectivity index (χ2v) is 5.57. The van der Waals surface area contributed by atoms with Gasteiger partial charge in [0.25, 0.3) is 0 Å². The molecule has 0 spiro atoms. The molecule has 1 aliphatic carbocycles. The Hall–Kier alpha value is -1.23. The minimum Gasteiger partial charge on any atom is -0.337 e. The quantitative estimate of drug-likeness (QED) is 0.892. The lowest BCUT2D eigenvalue weighted by molar-refractivity contribution is 0.374. The van der Waals surface area contributed by atoms with Crippen LogP contribution in [-0.2, 0) is 12.8 Å². The van der Waals surface area contributed by atoms with E-state index in [2.05, 4.69) is 35.9 Å². The molecule has 0 bridgehead atoms. The van der Waals surface area contributed by atoms with Crippen LogP contribution >= 0.6 is 0 Å². The molecule has 0 saturated heterocycles. The van der Waals surface area contributed by atoms with Gasteiger partial charge in [-0.05, 0) is 45.4 Å². The molecule has 0 atom stereocenters. The number of aromatic nitrogens is 3. The van der Waals surface area contributed by atoms with Crippen LogP contribution in [0.3, 0.4) is 0 Å². The van der Waals surface area contributed by atoms with Crippen LogP contribution in [0.2, 0.25) is 0 Å². The Labute approximate surface area is 122 Å². The van der Waals surface area contributed by atoms with Crippen molar-refractivity contribution < 1.29 is 0 Å². The largest absolute Gasteiger partial charge is 0.337 e. The Balaban J connectivity index is 2.18. The van der Waals surface area contributed by atoms with Crippen LogP contribution in [0.25, 0.3) is 0 Å². The highest BCUT2D eigenvalue weighted by Gasteiger charge is 2.25. The lowest BCUT2D eigenvalue weighted by Crippen LogP contribution is -2.42. The zero-order valence-corrected chi connectivity index (χ0v) is 13.0. The number of hydrogen-bond donors (Lipinski definition) is 1. The Morgan fingerprint density at radius 1 is 1.00 bits per heavy atom.